The molecule has 2 aromatic carbocycles. The standard InChI is InChI=1S/C16H12BrClFNO/c17-10-5-6-12(14(19)8-10)16(21)20-15-11-4-2-1-3-9(11)7-13(15)18/h1-6,8,13,15H,7H2,(H,20,21). The summed E-state index contributed by atoms with van der Waals surface area (Å²) in [6, 6.07) is 11.9. The van der Waals surface area contributed by atoms with E-state index in [0.717, 1.165) is 11.1 Å². The number of hydrogen-bond donors (Lipinski definition) is 1. The number of benzene rings is 2. The van der Waals surface area contributed by atoms with Gasteiger partial charge in [-0.05, 0) is 35.7 Å². The van der Waals surface area contributed by atoms with E-state index in [4.69, 9.17) is 11.6 Å². The van der Waals surface area contributed by atoms with Crippen molar-refractivity contribution in [3.8, 4) is 0 Å². The Bertz CT molecular complexity index is 706. The number of amides is 1. The van der Waals surface area contributed by atoms with Gasteiger partial charge in [0, 0.05) is 4.47 Å². The molecule has 0 heterocycles. The Labute approximate surface area is 135 Å². The summed E-state index contributed by atoms with van der Waals surface area (Å²) in [5.41, 5.74) is 2.15. The van der Waals surface area contributed by atoms with Crippen LogP contribution in [0.5, 0.6) is 0 Å². The van der Waals surface area contributed by atoms with Gasteiger partial charge in [0.05, 0.1) is 17.0 Å². The average molecular weight is 369 g/mol. The summed E-state index contributed by atoms with van der Waals surface area (Å²) in [5, 5.41) is 2.62. The maximum Gasteiger partial charge on any atom is 0.254 e. The monoisotopic (exact) mass is 367 g/mol. The molecule has 0 bridgehead atoms. The third-order valence-electron chi connectivity index (χ3n) is 3.63. The molecule has 0 saturated carbocycles. The lowest BCUT2D eigenvalue weighted by molar-refractivity contribution is 0.0933. The first-order valence-corrected chi connectivity index (χ1v) is 7.77. The van der Waals surface area contributed by atoms with Crippen molar-refractivity contribution in [2.24, 2.45) is 0 Å². The predicted molar refractivity (Wildman–Crippen MR) is 84.1 cm³/mol. The van der Waals surface area contributed by atoms with Gasteiger partial charge in [-0.1, -0.05) is 40.2 Å². The highest BCUT2D eigenvalue weighted by molar-refractivity contribution is 9.10. The maximum atomic E-state index is 13.8. The number of carbonyl (C=O) groups is 1. The maximum absolute atomic E-state index is 13.8. The summed E-state index contributed by atoms with van der Waals surface area (Å²) in [6.45, 7) is 0. The van der Waals surface area contributed by atoms with Crippen LogP contribution in [0.25, 0.3) is 0 Å². The molecule has 0 aromatic heterocycles. The van der Waals surface area contributed by atoms with E-state index >= 15 is 0 Å². The van der Waals surface area contributed by atoms with Gasteiger partial charge in [-0.3, -0.25) is 4.79 Å². The van der Waals surface area contributed by atoms with E-state index < -0.39 is 11.7 Å². The summed E-state index contributed by atoms with van der Waals surface area (Å²) >= 11 is 9.50. The molecule has 0 radical (unpaired) electrons. The number of hydrogen-bond acceptors (Lipinski definition) is 1. The van der Waals surface area contributed by atoms with Gasteiger partial charge in [0.1, 0.15) is 5.82 Å². The number of fused-ring (bicyclic) bond motifs is 1. The third-order valence-corrected chi connectivity index (χ3v) is 4.53. The minimum Gasteiger partial charge on any atom is -0.344 e. The van der Waals surface area contributed by atoms with E-state index in [0.29, 0.717) is 10.9 Å². The molecule has 0 fully saturated rings. The molecule has 0 aliphatic heterocycles. The fourth-order valence-corrected chi connectivity index (χ4v) is 3.31. The Kier molecular flexibility index (Phi) is 4.00. The zero-order valence-electron chi connectivity index (χ0n) is 10.9. The molecule has 1 aliphatic rings. The average Bonchev–Trinajstić information content (AvgIpc) is 2.75. The molecule has 5 heteroatoms. The minimum absolute atomic E-state index is 0.0199. The van der Waals surface area contributed by atoms with Crippen molar-refractivity contribution in [3.05, 3.63) is 69.4 Å². The van der Waals surface area contributed by atoms with Crippen molar-refractivity contribution in [1.82, 2.24) is 5.32 Å². The van der Waals surface area contributed by atoms with Gasteiger partial charge >= 0.3 is 0 Å². The summed E-state index contributed by atoms with van der Waals surface area (Å²) in [7, 11) is 0. The molecule has 0 spiro atoms. The number of halogens is 3. The lowest BCUT2D eigenvalue weighted by Gasteiger charge is -2.17. The zero-order chi connectivity index (χ0) is 15.0. The van der Waals surface area contributed by atoms with E-state index in [1.807, 2.05) is 24.3 Å². The van der Waals surface area contributed by atoms with Gasteiger partial charge in [-0.25, -0.2) is 4.39 Å². The van der Waals surface area contributed by atoms with E-state index in [1.54, 1.807) is 6.07 Å². The normalized spacial score (nSPS) is 20.1. The molecular formula is C16H12BrClFNO. The van der Waals surface area contributed by atoms with Crippen molar-refractivity contribution >= 4 is 33.4 Å². The molecule has 3 rings (SSSR count). The number of nitrogens with one attached hydrogen (secondary N) is 1. The molecule has 2 unspecified atom stereocenters. The van der Waals surface area contributed by atoms with Gasteiger partial charge in [0.25, 0.3) is 5.91 Å². The molecule has 2 aromatic rings. The Morgan fingerprint density at radius 2 is 2.05 bits per heavy atom. The largest absolute Gasteiger partial charge is 0.344 e. The molecule has 2 nitrogen and oxygen atoms in total. The number of alkyl halides is 1. The second-order valence-electron chi connectivity index (χ2n) is 4.99. The first kappa shape index (κ1) is 14.5. The van der Waals surface area contributed by atoms with Crippen LogP contribution in [0.4, 0.5) is 4.39 Å². The molecule has 0 saturated heterocycles. The van der Waals surface area contributed by atoms with Crippen LogP contribution in [0, 0.1) is 5.82 Å². The Morgan fingerprint density at radius 1 is 1.29 bits per heavy atom. The van der Waals surface area contributed by atoms with Crippen LogP contribution >= 0.6 is 27.5 Å². The fraction of sp³-hybridized carbons (Fsp3) is 0.188. The quantitative estimate of drug-likeness (QED) is 0.790. The zero-order valence-corrected chi connectivity index (χ0v) is 13.3. The van der Waals surface area contributed by atoms with Crippen LogP contribution in [0.2, 0.25) is 0 Å². The van der Waals surface area contributed by atoms with Gasteiger partial charge in [-0.15, -0.1) is 11.6 Å². The lowest BCUT2D eigenvalue weighted by atomic mass is 10.1. The van der Waals surface area contributed by atoms with Crippen LogP contribution in [-0.4, -0.2) is 11.3 Å². The van der Waals surface area contributed by atoms with Crippen molar-refractivity contribution in [3.63, 3.8) is 0 Å². The second kappa shape index (κ2) is 5.78. The first-order chi connectivity index (χ1) is 10.1. The Morgan fingerprint density at radius 3 is 2.81 bits per heavy atom. The van der Waals surface area contributed by atoms with Crippen molar-refractivity contribution in [2.75, 3.05) is 0 Å². The number of carbonyl (C=O) groups excluding carboxylic acids is 1. The van der Waals surface area contributed by atoms with Gasteiger partial charge < -0.3 is 5.32 Å². The molecule has 21 heavy (non-hydrogen) atoms. The Balaban J connectivity index is 1.85. The summed E-state index contributed by atoms with van der Waals surface area (Å²) < 4.78 is 14.4. The van der Waals surface area contributed by atoms with Gasteiger partial charge in [0.2, 0.25) is 0 Å². The Hall–Kier alpha value is -1.39. The van der Waals surface area contributed by atoms with Crippen molar-refractivity contribution in [1.29, 1.82) is 0 Å². The van der Waals surface area contributed by atoms with Crippen molar-refractivity contribution < 1.29 is 9.18 Å². The number of rotatable bonds is 2. The highest BCUT2D eigenvalue weighted by Gasteiger charge is 2.32. The van der Waals surface area contributed by atoms with E-state index in [2.05, 4.69) is 21.2 Å². The molecule has 108 valence electrons. The van der Waals surface area contributed by atoms with Crippen LogP contribution < -0.4 is 5.32 Å². The van der Waals surface area contributed by atoms with Crippen LogP contribution in [0.15, 0.2) is 46.9 Å². The van der Waals surface area contributed by atoms with E-state index in [9.17, 15) is 9.18 Å². The first-order valence-electron chi connectivity index (χ1n) is 6.54. The topological polar surface area (TPSA) is 29.1 Å². The fourth-order valence-electron chi connectivity index (χ4n) is 2.61. The van der Waals surface area contributed by atoms with Crippen molar-refractivity contribution in [2.45, 2.75) is 17.8 Å². The minimum atomic E-state index is -0.556. The summed E-state index contributed by atoms with van der Waals surface area (Å²) in [6.07, 6.45) is 0.700. The van der Waals surface area contributed by atoms with Crippen LogP contribution in [0.1, 0.15) is 27.5 Å². The molecular weight excluding hydrogens is 357 g/mol. The molecule has 1 N–H and O–H groups in total. The van der Waals surface area contributed by atoms with Gasteiger partial charge in [-0.2, -0.15) is 0 Å². The highest BCUT2D eigenvalue weighted by atomic mass is 79.9. The second-order valence-corrected chi connectivity index (χ2v) is 6.47. The smallest absolute Gasteiger partial charge is 0.254 e. The third kappa shape index (κ3) is 2.83. The summed E-state index contributed by atoms with van der Waals surface area (Å²) in [4.78, 5) is 12.3. The van der Waals surface area contributed by atoms with Crippen LogP contribution in [-0.2, 0) is 6.42 Å². The summed E-state index contributed by atoms with van der Waals surface area (Å²) in [5.74, 6) is -1.01. The van der Waals surface area contributed by atoms with E-state index in [-0.39, 0.29) is 17.0 Å². The molecule has 1 aliphatic carbocycles. The molecule has 2 atom stereocenters. The van der Waals surface area contributed by atoms with Crippen LogP contribution in [0.3, 0.4) is 0 Å². The highest BCUT2D eigenvalue weighted by Crippen LogP contribution is 2.34. The lowest BCUT2D eigenvalue weighted by Crippen LogP contribution is -2.32. The SMILES string of the molecule is O=C(NC1c2ccccc2CC1Cl)c1ccc(Br)cc1F. The molecule has 1 amide bonds. The van der Waals surface area contributed by atoms with E-state index in [1.165, 1.54) is 12.1 Å². The predicted octanol–water partition coefficient (Wildman–Crippen LogP) is 4.22. The van der Waals surface area contributed by atoms with Gasteiger partial charge in [0.15, 0.2) is 0 Å².